The molecule has 3 nitrogen and oxygen atoms in total. The molecule has 5 rings (SSSR count). The van der Waals surface area contributed by atoms with Gasteiger partial charge in [0, 0.05) is 26.0 Å². The largest absolute Gasteiger partial charge is 0.287 e. The van der Waals surface area contributed by atoms with Gasteiger partial charge in [-0.25, -0.2) is 4.98 Å². The van der Waals surface area contributed by atoms with Crippen LogP contribution in [-0.2, 0) is 0 Å². The van der Waals surface area contributed by atoms with E-state index in [4.69, 9.17) is 16.6 Å². The average molecular weight is 589 g/mol. The van der Waals surface area contributed by atoms with Crippen LogP contribution in [0.1, 0.15) is 21.6 Å². The molecule has 0 radical (unpaired) electrons. The molecule has 32 heavy (non-hydrogen) atoms. The van der Waals surface area contributed by atoms with Crippen molar-refractivity contribution in [2.75, 3.05) is 0 Å². The molecule has 0 N–H and O–H groups in total. The van der Waals surface area contributed by atoms with Gasteiger partial charge in [0.05, 0.1) is 11.4 Å². The molecule has 3 aromatic carbocycles. The molecule has 0 bridgehead atoms. The van der Waals surface area contributed by atoms with Crippen molar-refractivity contribution < 1.29 is 4.79 Å². The Kier molecular flexibility index (Phi) is 6.67. The number of thiazole rings is 1. The molecular formula is C25H17Br2ClN2OS. The molecular weight excluding hydrogens is 572 g/mol. The van der Waals surface area contributed by atoms with E-state index >= 15 is 0 Å². The first-order chi connectivity index (χ1) is 15.0. The molecule has 5 aromatic rings. The molecule has 0 unspecified atom stereocenters. The molecule has 2 heterocycles. The number of rotatable bonds is 4. The molecule has 0 aliphatic heterocycles. The minimum Gasteiger partial charge on any atom is -0.287 e. The van der Waals surface area contributed by atoms with E-state index in [1.54, 1.807) is 0 Å². The highest BCUT2D eigenvalue weighted by molar-refractivity contribution is 9.10. The molecule has 0 saturated heterocycles. The van der Waals surface area contributed by atoms with Crippen molar-refractivity contribution in [1.82, 2.24) is 9.38 Å². The van der Waals surface area contributed by atoms with Crippen molar-refractivity contribution in [3.05, 3.63) is 104 Å². The summed E-state index contributed by atoms with van der Waals surface area (Å²) in [6, 6.07) is 23.3. The van der Waals surface area contributed by atoms with E-state index in [1.165, 1.54) is 11.3 Å². The van der Waals surface area contributed by atoms with Crippen LogP contribution in [-0.4, -0.2) is 15.2 Å². The Morgan fingerprint density at radius 1 is 0.969 bits per heavy atom. The number of halogens is 3. The summed E-state index contributed by atoms with van der Waals surface area (Å²) in [5.74, 6) is -0.110. The van der Waals surface area contributed by atoms with E-state index in [0.29, 0.717) is 16.3 Å². The average Bonchev–Trinajstić information content (AvgIpc) is 3.34. The van der Waals surface area contributed by atoms with Crippen LogP contribution in [0.15, 0.2) is 82.6 Å². The van der Waals surface area contributed by atoms with Crippen molar-refractivity contribution in [3.63, 3.8) is 0 Å². The van der Waals surface area contributed by atoms with Crippen molar-refractivity contribution in [3.8, 4) is 22.5 Å². The fourth-order valence-electron chi connectivity index (χ4n) is 3.59. The van der Waals surface area contributed by atoms with Gasteiger partial charge < -0.3 is 0 Å². The van der Waals surface area contributed by atoms with E-state index < -0.39 is 0 Å². The number of aromatic nitrogens is 2. The summed E-state index contributed by atoms with van der Waals surface area (Å²) in [6.07, 6.45) is 0. The summed E-state index contributed by atoms with van der Waals surface area (Å²) in [5, 5.41) is 2.75. The summed E-state index contributed by atoms with van der Waals surface area (Å²) >= 11 is 11.1. The van der Waals surface area contributed by atoms with E-state index in [-0.39, 0.29) is 22.8 Å². The summed E-state index contributed by atoms with van der Waals surface area (Å²) in [6.45, 7) is 2.05. The van der Waals surface area contributed by atoms with Gasteiger partial charge in [-0.3, -0.25) is 9.20 Å². The Morgan fingerprint density at radius 3 is 2.31 bits per heavy atom. The van der Waals surface area contributed by atoms with Gasteiger partial charge in [0.2, 0.25) is 5.78 Å². The Labute approximate surface area is 213 Å². The van der Waals surface area contributed by atoms with E-state index in [0.717, 1.165) is 37.5 Å². The third-order valence-corrected chi connectivity index (χ3v) is 6.93. The van der Waals surface area contributed by atoms with Crippen molar-refractivity contribution in [2.24, 2.45) is 0 Å². The number of carbonyl (C=O) groups is 1. The Balaban J connectivity index is 0.00000245. The maximum Gasteiger partial charge on any atom is 0.214 e. The maximum absolute atomic E-state index is 13.6. The first-order valence-electron chi connectivity index (χ1n) is 9.65. The number of hydrogen-bond donors (Lipinski definition) is 0. The first-order valence-corrected chi connectivity index (χ1v) is 11.7. The van der Waals surface area contributed by atoms with Gasteiger partial charge in [0.25, 0.3) is 0 Å². The third-order valence-electron chi connectivity index (χ3n) is 5.16. The van der Waals surface area contributed by atoms with E-state index in [9.17, 15) is 4.79 Å². The molecule has 0 aliphatic rings. The fraction of sp³-hybridized carbons (Fsp3) is 0.0400. The number of carbonyl (C=O) groups excluding carboxylic acids is 1. The van der Waals surface area contributed by atoms with Gasteiger partial charge in [-0.15, -0.1) is 28.3 Å². The number of nitrogens with zero attached hydrogens (tertiary/aromatic N) is 2. The number of imidazole rings is 1. The van der Waals surface area contributed by atoms with Crippen LogP contribution in [0.2, 0.25) is 5.02 Å². The molecule has 0 fully saturated rings. The minimum atomic E-state index is -0.110. The van der Waals surface area contributed by atoms with Crippen LogP contribution in [0.5, 0.6) is 0 Å². The lowest BCUT2D eigenvalue weighted by Gasteiger charge is -2.09. The van der Waals surface area contributed by atoms with E-state index in [1.807, 2.05) is 67.6 Å². The van der Waals surface area contributed by atoms with Crippen molar-refractivity contribution >= 4 is 66.6 Å². The second kappa shape index (κ2) is 9.32. The van der Waals surface area contributed by atoms with Crippen LogP contribution in [0.3, 0.4) is 0 Å². The first kappa shape index (κ1) is 22.9. The highest BCUT2D eigenvalue weighted by Gasteiger charge is 2.25. The lowest BCUT2D eigenvalue weighted by molar-refractivity contribution is 0.103. The lowest BCUT2D eigenvalue weighted by Crippen LogP contribution is -2.05. The number of aryl methyl sites for hydroxylation is 1. The Morgan fingerprint density at radius 2 is 1.62 bits per heavy atom. The molecule has 160 valence electrons. The van der Waals surface area contributed by atoms with Crippen molar-refractivity contribution in [2.45, 2.75) is 6.92 Å². The fourth-order valence-corrected chi connectivity index (χ4v) is 5.08. The molecule has 0 saturated carbocycles. The van der Waals surface area contributed by atoms with Crippen molar-refractivity contribution in [1.29, 1.82) is 0 Å². The summed E-state index contributed by atoms with van der Waals surface area (Å²) in [5.41, 5.74) is 5.93. The van der Waals surface area contributed by atoms with Gasteiger partial charge in [-0.1, -0.05) is 81.6 Å². The number of benzene rings is 3. The molecule has 2 aromatic heterocycles. The monoisotopic (exact) mass is 586 g/mol. The normalized spacial score (nSPS) is 10.8. The summed E-state index contributed by atoms with van der Waals surface area (Å²) in [4.78, 5) is 19.1. The van der Waals surface area contributed by atoms with Gasteiger partial charge in [-0.05, 0) is 36.8 Å². The third kappa shape index (κ3) is 4.08. The number of fused-ring (bicyclic) bond motifs is 1. The molecule has 0 spiro atoms. The number of hydrogen-bond acceptors (Lipinski definition) is 3. The van der Waals surface area contributed by atoms with Crippen LogP contribution < -0.4 is 0 Å². The van der Waals surface area contributed by atoms with Gasteiger partial charge in [0.1, 0.15) is 5.69 Å². The topological polar surface area (TPSA) is 34.4 Å². The zero-order chi connectivity index (χ0) is 21.5. The molecule has 7 heteroatoms. The van der Waals surface area contributed by atoms with Gasteiger partial charge in [-0.2, -0.15) is 0 Å². The van der Waals surface area contributed by atoms with Crippen LogP contribution in [0.4, 0.5) is 0 Å². The Hall–Kier alpha value is -2.25. The van der Waals surface area contributed by atoms with Crippen LogP contribution in [0, 0.1) is 6.92 Å². The smallest absolute Gasteiger partial charge is 0.214 e. The quantitative estimate of drug-likeness (QED) is 0.198. The van der Waals surface area contributed by atoms with Gasteiger partial charge in [0.15, 0.2) is 4.96 Å². The summed E-state index contributed by atoms with van der Waals surface area (Å²) < 4.78 is 2.83. The highest BCUT2D eigenvalue weighted by atomic mass is 79.9. The molecule has 0 amide bonds. The van der Waals surface area contributed by atoms with Crippen LogP contribution in [0.25, 0.3) is 27.5 Å². The second-order valence-electron chi connectivity index (χ2n) is 7.23. The minimum absolute atomic E-state index is 0. The maximum atomic E-state index is 13.6. The predicted octanol–water partition coefficient (Wildman–Crippen LogP) is 8.26. The standard InChI is InChI=1S/C25H16BrClN2OS.BrH/c1-15-6-8-17(9-7-15)23-22(24(30)19-4-2-3-5-20(19)26)28-25-29(23)21(14-31-25)16-10-12-18(27)13-11-16;/h2-14H,1H3;1H. The van der Waals surface area contributed by atoms with E-state index in [2.05, 4.69) is 37.8 Å². The van der Waals surface area contributed by atoms with Gasteiger partial charge >= 0.3 is 0 Å². The molecule has 0 aliphatic carbocycles. The zero-order valence-electron chi connectivity index (χ0n) is 16.9. The molecule has 0 atom stereocenters. The van der Waals surface area contributed by atoms with Crippen LogP contribution >= 0.6 is 55.8 Å². The lowest BCUT2D eigenvalue weighted by atomic mass is 10.0. The summed E-state index contributed by atoms with van der Waals surface area (Å²) in [7, 11) is 0. The Bertz CT molecular complexity index is 1420. The highest BCUT2D eigenvalue weighted by Crippen LogP contribution is 2.36. The number of ketones is 1. The predicted molar refractivity (Wildman–Crippen MR) is 142 cm³/mol. The SMILES string of the molecule is Br.Cc1ccc(-c2c(C(=O)c3ccccc3Br)nc3scc(-c4ccc(Cl)cc4)n23)cc1. The zero-order valence-corrected chi connectivity index (χ0v) is 21.8. The second-order valence-corrected chi connectivity index (χ2v) is 9.36.